The molecule has 0 aliphatic heterocycles. The van der Waals surface area contributed by atoms with E-state index in [2.05, 4.69) is 37.5 Å². The monoisotopic (exact) mass is 473 g/mol. The van der Waals surface area contributed by atoms with Gasteiger partial charge in [0.1, 0.15) is 12.2 Å². The van der Waals surface area contributed by atoms with Crippen LogP contribution in [0, 0.1) is 0 Å². The lowest BCUT2D eigenvalue weighted by molar-refractivity contribution is 0.586. The second-order valence-electron chi connectivity index (χ2n) is 5.04. The zero-order valence-corrected chi connectivity index (χ0v) is 17.6. The summed E-state index contributed by atoms with van der Waals surface area (Å²) >= 11 is 0. The molecular weight excluding hydrogens is 445 g/mol. The molecule has 0 aliphatic carbocycles. The first-order valence-electron chi connectivity index (χ1n) is 7.79. The fourth-order valence-corrected chi connectivity index (χ4v) is 2.32. The van der Waals surface area contributed by atoms with E-state index in [-0.39, 0.29) is 24.0 Å². The van der Waals surface area contributed by atoms with Crippen molar-refractivity contribution in [1.82, 2.24) is 30.1 Å². The third kappa shape index (κ3) is 10.0. The number of hydrogen-bond donors (Lipinski definition) is 3. The maximum absolute atomic E-state index is 11.0. The van der Waals surface area contributed by atoms with Gasteiger partial charge in [0.05, 0.1) is 6.26 Å². The van der Waals surface area contributed by atoms with Crippen molar-refractivity contribution in [2.24, 2.45) is 4.99 Å². The van der Waals surface area contributed by atoms with Gasteiger partial charge >= 0.3 is 0 Å². The molecule has 0 unspecified atom stereocenters. The van der Waals surface area contributed by atoms with E-state index in [1.54, 1.807) is 6.33 Å². The average Bonchev–Trinajstić information content (AvgIpc) is 2.94. The van der Waals surface area contributed by atoms with Crippen molar-refractivity contribution in [1.29, 1.82) is 0 Å². The minimum absolute atomic E-state index is 0. The van der Waals surface area contributed by atoms with Crippen LogP contribution in [-0.4, -0.2) is 61.6 Å². The summed E-state index contributed by atoms with van der Waals surface area (Å²) < 4.78 is 26.5. The van der Waals surface area contributed by atoms with E-state index in [0.29, 0.717) is 32.1 Å². The molecule has 0 saturated heterocycles. The Bertz CT molecular complexity index is 589. The summed E-state index contributed by atoms with van der Waals surface area (Å²) in [4.78, 5) is 4.41. The highest BCUT2D eigenvalue weighted by Crippen LogP contribution is 1.94. The number of aryl methyl sites for hydroxylation is 1. The normalized spacial score (nSPS) is 11.9. The van der Waals surface area contributed by atoms with Crippen LogP contribution in [0.3, 0.4) is 0 Å². The molecule has 0 radical (unpaired) electrons. The number of halogens is 1. The highest BCUT2D eigenvalue weighted by Gasteiger charge is 2.03. The minimum Gasteiger partial charge on any atom is -0.355 e. The zero-order chi connectivity index (χ0) is 17.1. The molecule has 9 nitrogen and oxygen atoms in total. The molecule has 0 fully saturated rings. The van der Waals surface area contributed by atoms with Gasteiger partial charge in [-0.2, -0.15) is 0 Å². The number of aromatic nitrogens is 3. The summed E-state index contributed by atoms with van der Waals surface area (Å²) in [6.45, 7) is 7.01. The number of rotatable bonds is 10. The summed E-state index contributed by atoms with van der Waals surface area (Å²) in [5.74, 6) is 1.62. The molecule has 11 heteroatoms. The van der Waals surface area contributed by atoms with E-state index in [1.165, 1.54) is 0 Å². The smallest absolute Gasteiger partial charge is 0.208 e. The predicted octanol–water partition coefficient (Wildman–Crippen LogP) is -0.0471. The van der Waals surface area contributed by atoms with Crippen molar-refractivity contribution in [3.05, 3.63) is 12.2 Å². The van der Waals surface area contributed by atoms with Gasteiger partial charge in [-0.05, 0) is 6.42 Å². The summed E-state index contributed by atoms with van der Waals surface area (Å²) in [5, 5.41) is 14.3. The van der Waals surface area contributed by atoms with Crippen LogP contribution >= 0.6 is 24.0 Å². The van der Waals surface area contributed by atoms with Crippen LogP contribution in [0.4, 0.5) is 0 Å². The van der Waals surface area contributed by atoms with Crippen LogP contribution in [0.1, 0.15) is 26.1 Å². The van der Waals surface area contributed by atoms with Gasteiger partial charge in [-0.15, -0.1) is 34.2 Å². The van der Waals surface area contributed by atoms with Gasteiger partial charge < -0.3 is 15.2 Å². The fourth-order valence-electron chi connectivity index (χ4n) is 1.85. The lowest BCUT2D eigenvalue weighted by Crippen LogP contribution is -2.42. The molecule has 0 atom stereocenters. The second kappa shape index (κ2) is 12.4. The predicted molar refractivity (Wildman–Crippen MR) is 106 cm³/mol. The number of nitrogens with zero attached hydrogens (tertiary/aromatic N) is 4. The SMILES string of the molecule is CCCN=C(NCCNS(C)(=O)=O)NCCn1cnnc1CC.I. The minimum atomic E-state index is -3.16. The fraction of sp³-hybridized carbons (Fsp3) is 0.769. The number of hydrogen-bond acceptors (Lipinski definition) is 5. The molecule has 0 spiro atoms. The van der Waals surface area contributed by atoms with E-state index in [0.717, 1.165) is 31.5 Å². The highest BCUT2D eigenvalue weighted by molar-refractivity contribution is 14.0. The average molecular weight is 473 g/mol. The lowest BCUT2D eigenvalue weighted by Gasteiger charge is -2.13. The third-order valence-corrected chi connectivity index (χ3v) is 3.66. The van der Waals surface area contributed by atoms with Gasteiger partial charge in [0, 0.05) is 39.1 Å². The summed E-state index contributed by atoms with van der Waals surface area (Å²) in [6.07, 6.45) is 4.64. The number of aliphatic imine (C=N–C) groups is 1. The number of guanidine groups is 1. The van der Waals surface area contributed by atoms with Crippen molar-refractivity contribution in [3.63, 3.8) is 0 Å². The van der Waals surface area contributed by atoms with E-state index in [1.807, 2.05) is 11.5 Å². The quantitative estimate of drug-likeness (QED) is 0.190. The highest BCUT2D eigenvalue weighted by atomic mass is 127. The molecule has 3 N–H and O–H groups in total. The Balaban J connectivity index is 0.00000529. The Morgan fingerprint density at radius 2 is 1.96 bits per heavy atom. The first-order chi connectivity index (χ1) is 11.0. The van der Waals surface area contributed by atoms with Gasteiger partial charge in [0.25, 0.3) is 0 Å². The largest absolute Gasteiger partial charge is 0.355 e. The Morgan fingerprint density at radius 1 is 1.25 bits per heavy atom. The zero-order valence-electron chi connectivity index (χ0n) is 14.4. The van der Waals surface area contributed by atoms with Gasteiger partial charge in [0.15, 0.2) is 5.96 Å². The lowest BCUT2D eigenvalue weighted by atomic mass is 10.4. The molecule has 0 aliphatic rings. The maximum atomic E-state index is 11.0. The topological polar surface area (TPSA) is 113 Å². The van der Waals surface area contributed by atoms with Crippen LogP contribution in [0.15, 0.2) is 11.3 Å². The van der Waals surface area contributed by atoms with Crippen LogP contribution in [0.2, 0.25) is 0 Å². The molecule has 1 heterocycles. The van der Waals surface area contributed by atoms with Gasteiger partial charge in [-0.3, -0.25) is 4.99 Å². The van der Waals surface area contributed by atoms with Crippen LogP contribution in [0.5, 0.6) is 0 Å². The second-order valence-corrected chi connectivity index (χ2v) is 6.88. The van der Waals surface area contributed by atoms with Gasteiger partial charge in [-0.1, -0.05) is 13.8 Å². The van der Waals surface area contributed by atoms with Gasteiger partial charge in [-0.25, -0.2) is 13.1 Å². The first kappa shape index (κ1) is 23.1. The van der Waals surface area contributed by atoms with E-state index in [4.69, 9.17) is 0 Å². The molecular formula is C13H28IN7O2S. The summed E-state index contributed by atoms with van der Waals surface area (Å²) in [7, 11) is -3.16. The van der Waals surface area contributed by atoms with Crippen molar-refractivity contribution >= 4 is 40.0 Å². The van der Waals surface area contributed by atoms with E-state index in [9.17, 15) is 8.42 Å². The van der Waals surface area contributed by atoms with Crippen LogP contribution < -0.4 is 15.4 Å². The molecule has 1 rings (SSSR count). The molecule has 24 heavy (non-hydrogen) atoms. The molecule has 0 aromatic carbocycles. The molecule has 0 bridgehead atoms. The molecule has 140 valence electrons. The van der Waals surface area contributed by atoms with E-state index < -0.39 is 10.0 Å². The molecule has 1 aromatic heterocycles. The Morgan fingerprint density at radius 3 is 2.58 bits per heavy atom. The van der Waals surface area contributed by atoms with Crippen molar-refractivity contribution in [3.8, 4) is 0 Å². The third-order valence-electron chi connectivity index (χ3n) is 2.93. The van der Waals surface area contributed by atoms with Crippen molar-refractivity contribution in [2.75, 3.05) is 32.4 Å². The first-order valence-corrected chi connectivity index (χ1v) is 9.69. The van der Waals surface area contributed by atoms with Crippen LogP contribution in [-0.2, 0) is 23.0 Å². The molecule has 0 amide bonds. The Kier molecular flexibility index (Phi) is 11.9. The Hall–Kier alpha value is -0.950. The maximum Gasteiger partial charge on any atom is 0.208 e. The summed E-state index contributed by atoms with van der Waals surface area (Å²) in [5.41, 5.74) is 0. The van der Waals surface area contributed by atoms with Crippen molar-refractivity contribution < 1.29 is 8.42 Å². The number of nitrogens with one attached hydrogen (secondary N) is 3. The number of sulfonamides is 1. The molecule has 0 saturated carbocycles. The van der Waals surface area contributed by atoms with Crippen molar-refractivity contribution in [2.45, 2.75) is 33.2 Å². The Labute approximate surface area is 161 Å². The standard InChI is InChI=1S/C13H27N7O2S.HI/c1-4-6-14-13(15-7-8-18-23(3,21)22)16-9-10-20-11-17-19-12(20)5-2;/h11,18H,4-10H2,1-3H3,(H2,14,15,16);1H. The summed E-state index contributed by atoms with van der Waals surface area (Å²) in [6, 6.07) is 0. The van der Waals surface area contributed by atoms with E-state index >= 15 is 0 Å². The van der Waals surface area contributed by atoms with Crippen LogP contribution in [0.25, 0.3) is 0 Å². The molecule has 1 aromatic rings. The van der Waals surface area contributed by atoms with Gasteiger partial charge in [0.2, 0.25) is 10.0 Å².